The lowest BCUT2D eigenvalue weighted by Gasteiger charge is -2.09. The second kappa shape index (κ2) is 8.43. The standard InChI is InChI=1S/C22H18F3N3O2S/c1-30-17-8-2-14(3-9-17)10-11-26-20(29)18-19(28-12-13-31-21(28)27-18)15-4-6-16(7-5-15)22(23,24)25/h2-9,12-13H,10-11H2,1H3,(H,26,29). The number of hydrogen-bond acceptors (Lipinski definition) is 4. The lowest BCUT2D eigenvalue weighted by atomic mass is 10.1. The molecule has 0 saturated carbocycles. The molecule has 2 aromatic heterocycles. The first-order valence-electron chi connectivity index (χ1n) is 9.41. The van der Waals surface area contributed by atoms with Gasteiger partial charge in [0.05, 0.1) is 18.4 Å². The zero-order valence-electron chi connectivity index (χ0n) is 16.4. The monoisotopic (exact) mass is 445 g/mol. The molecule has 4 rings (SSSR count). The Morgan fingerprint density at radius 1 is 1.13 bits per heavy atom. The Bertz CT molecular complexity index is 1200. The summed E-state index contributed by atoms with van der Waals surface area (Å²) in [4.78, 5) is 17.8. The number of methoxy groups -OCH3 is 1. The molecule has 160 valence electrons. The minimum Gasteiger partial charge on any atom is -0.497 e. The Kier molecular flexibility index (Phi) is 5.69. The fraction of sp³-hybridized carbons (Fsp3) is 0.182. The second-order valence-electron chi connectivity index (χ2n) is 6.79. The van der Waals surface area contributed by atoms with Gasteiger partial charge in [0.1, 0.15) is 5.75 Å². The van der Waals surface area contributed by atoms with Crippen molar-refractivity contribution in [3.63, 3.8) is 0 Å². The summed E-state index contributed by atoms with van der Waals surface area (Å²) in [5, 5.41) is 4.66. The van der Waals surface area contributed by atoms with Crippen molar-refractivity contribution in [2.24, 2.45) is 0 Å². The van der Waals surface area contributed by atoms with Gasteiger partial charge >= 0.3 is 6.18 Å². The number of thiazole rings is 1. The van der Waals surface area contributed by atoms with E-state index in [1.807, 2.05) is 24.3 Å². The molecular weight excluding hydrogens is 427 g/mol. The van der Waals surface area contributed by atoms with Gasteiger partial charge in [0, 0.05) is 23.7 Å². The highest BCUT2D eigenvalue weighted by Crippen LogP contribution is 2.33. The second-order valence-corrected chi connectivity index (χ2v) is 7.67. The van der Waals surface area contributed by atoms with Crippen molar-refractivity contribution >= 4 is 22.2 Å². The predicted molar refractivity (Wildman–Crippen MR) is 113 cm³/mol. The lowest BCUT2D eigenvalue weighted by Crippen LogP contribution is -2.26. The summed E-state index contributed by atoms with van der Waals surface area (Å²) >= 11 is 1.35. The number of nitrogens with one attached hydrogen (secondary N) is 1. The van der Waals surface area contributed by atoms with E-state index in [1.54, 1.807) is 23.1 Å². The van der Waals surface area contributed by atoms with Gasteiger partial charge in [-0.3, -0.25) is 9.20 Å². The van der Waals surface area contributed by atoms with Crippen LogP contribution in [0.4, 0.5) is 13.2 Å². The number of carbonyl (C=O) groups excluding carboxylic acids is 1. The van der Waals surface area contributed by atoms with Crippen LogP contribution in [-0.4, -0.2) is 28.9 Å². The maximum atomic E-state index is 12.9. The van der Waals surface area contributed by atoms with E-state index in [9.17, 15) is 18.0 Å². The van der Waals surface area contributed by atoms with Gasteiger partial charge in [-0.25, -0.2) is 4.98 Å². The minimum absolute atomic E-state index is 0.182. The van der Waals surface area contributed by atoms with E-state index in [-0.39, 0.29) is 11.6 Å². The lowest BCUT2D eigenvalue weighted by molar-refractivity contribution is -0.137. The maximum absolute atomic E-state index is 12.9. The Morgan fingerprint density at radius 2 is 1.84 bits per heavy atom. The van der Waals surface area contributed by atoms with Crippen LogP contribution in [0.1, 0.15) is 21.6 Å². The number of rotatable bonds is 6. The van der Waals surface area contributed by atoms with Gasteiger partial charge < -0.3 is 10.1 Å². The number of halogens is 3. The summed E-state index contributed by atoms with van der Waals surface area (Å²) in [5.41, 5.74) is 1.43. The third-order valence-electron chi connectivity index (χ3n) is 4.82. The molecule has 5 nitrogen and oxygen atoms in total. The largest absolute Gasteiger partial charge is 0.497 e. The molecule has 1 N–H and O–H groups in total. The summed E-state index contributed by atoms with van der Waals surface area (Å²) < 4.78 is 45.6. The van der Waals surface area contributed by atoms with Gasteiger partial charge in [0.25, 0.3) is 5.91 Å². The number of amides is 1. The summed E-state index contributed by atoms with van der Waals surface area (Å²) in [5.74, 6) is 0.381. The van der Waals surface area contributed by atoms with Gasteiger partial charge in [0.2, 0.25) is 0 Å². The van der Waals surface area contributed by atoms with Crippen molar-refractivity contribution in [3.8, 4) is 17.0 Å². The number of alkyl halides is 3. The average molecular weight is 445 g/mol. The number of benzene rings is 2. The number of carbonyl (C=O) groups is 1. The predicted octanol–water partition coefficient (Wildman–Crippen LogP) is 5.06. The number of aromatic nitrogens is 2. The van der Waals surface area contributed by atoms with Crippen molar-refractivity contribution in [3.05, 3.63) is 76.9 Å². The van der Waals surface area contributed by atoms with Crippen LogP contribution in [0.3, 0.4) is 0 Å². The van der Waals surface area contributed by atoms with Gasteiger partial charge in [-0.2, -0.15) is 13.2 Å². The molecule has 0 unspecified atom stereocenters. The smallest absolute Gasteiger partial charge is 0.416 e. The van der Waals surface area contributed by atoms with Crippen LogP contribution in [-0.2, 0) is 12.6 Å². The molecule has 4 aromatic rings. The van der Waals surface area contributed by atoms with Crippen molar-refractivity contribution in [1.82, 2.24) is 14.7 Å². The Morgan fingerprint density at radius 3 is 2.48 bits per heavy atom. The molecule has 0 bridgehead atoms. The molecule has 0 fully saturated rings. The first-order chi connectivity index (χ1) is 14.9. The van der Waals surface area contributed by atoms with Crippen LogP contribution in [0.2, 0.25) is 0 Å². The highest BCUT2D eigenvalue weighted by molar-refractivity contribution is 7.15. The van der Waals surface area contributed by atoms with Crippen molar-refractivity contribution in [1.29, 1.82) is 0 Å². The normalized spacial score (nSPS) is 11.6. The Balaban J connectivity index is 1.54. The number of nitrogens with zero attached hydrogens (tertiary/aromatic N) is 2. The van der Waals surface area contributed by atoms with Crippen molar-refractivity contribution < 1.29 is 22.7 Å². The zero-order valence-corrected chi connectivity index (χ0v) is 17.3. The van der Waals surface area contributed by atoms with Crippen molar-refractivity contribution in [2.45, 2.75) is 12.6 Å². The molecule has 9 heteroatoms. The van der Waals surface area contributed by atoms with E-state index in [2.05, 4.69) is 10.3 Å². The fourth-order valence-electron chi connectivity index (χ4n) is 3.23. The Labute approximate surface area is 180 Å². The SMILES string of the molecule is COc1ccc(CCNC(=O)c2nc3sccn3c2-c2ccc(C(F)(F)F)cc2)cc1. The first kappa shape index (κ1) is 20.9. The van der Waals surface area contributed by atoms with E-state index in [0.29, 0.717) is 29.2 Å². The molecule has 1 amide bonds. The molecule has 0 aliphatic carbocycles. The molecule has 0 saturated heterocycles. The van der Waals surface area contributed by atoms with Crippen LogP contribution in [0, 0.1) is 0 Å². The Hall–Kier alpha value is -3.33. The average Bonchev–Trinajstić information content (AvgIpc) is 3.35. The maximum Gasteiger partial charge on any atom is 0.416 e. The summed E-state index contributed by atoms with van der Waals surface area (Å²) in [6.07, 6.45) is -2.06. The van der Waals surface area contributed by atoms with Crippen LogP contribution in [0.25, 0.3) is 16.2 Å². The molecule has 0 radical (unpaired) electrons. The zero-order chi connectivity index (χ0) is 22.0. The fourth-order valence-corrected chi connectivity index (χ4v) is 3.95. The van der Waals surface area contributed by atoms with E-state index in [1.165, 1.54) is 23.5 Å². The third-order valence-corrected chi connectivity index (χ3v) is 5.58. The quantitative estimate of drug-likeness (QED) is 0.451. The topological polar surface area (TPSA) is 55.6 Å². The molecule has 2 aromatic carbocycles. The number of imidazole rings is 1. The van der Waals surface area contributed by atoms with Crippen LogP contribution in [0.15, 0.2) is 60.1 Å². The van der Waals surface area contributed by atoms with Crippen LogP contribution >= 0.6 is 11.3 Å². The van der Waals surface area contributed by atoms with Crippen LogP contribution < -0.4 is 10.1 Å². The van der Waals surface area contributed by atoms with Crippen LogP contribution in [0.5, 0.6) is 5.75 Å². The number of hydrogen-bond donors (Lipinski definition) is 1. The van der Waals surface area contributed by atoms with Gasteiger partial charge in [-0.05, 0) is 36.2 Å². The molecule has 2 heterocycles. The van der Waals surface area contributed by atoms with E-state index in [0.717, 1.165) is 23.4 Å². The molecule has 31 heavy (non-hydrogen) atoms. The first-order valence-corrected chi connectivity index (χ1v) is 10.3. The number of ether oxygens (including phenoxy) is 1. The molecular formula is C22H18F3N3O2S. The summed E-state index contributed by atoms with van der Waals surface area (Å²) in [6, 6.07) is 12.3. The number of fused-ring (bicyclic) bond motifs is 1. The summed E-state index contributed by atoms with van der Waals surface area (Å²) in [7, 11) is 1.60. The highest BCUT2D eigenvalue weighted by Gasteiger charge is 2.30. The van der Waals surface area contributed by atoms with E-state index < -0.39 is 11.7 Å². The third kappa shape index (κ3) is 4.41. The minimum atomic E-state index is -4.42. The van der Waals surface area contributed by atoms with Gasteiger partial charge in [0.15, 0.2) is 10.7 Å². The molecule has 0 spiro atoms. The van der Waals surface area contributed by atoms with E-state index in [4.69, 9.17) is 4.74 Å². The highest BCUT2D eigenvalue weighted by atomic mass is 32.1. The molecule has 0 atom stereocenters. The molecule has 0 aliphatic heterocycles. The van der Waals surface area contributed by atoms with Gasteiger partial charge in [-0.15, -0.1) is 11.3 Å². The van der Waals surface area contributed by atoms with Crippen molar-refractivity contribution in [2.75, 3.05) is 13.7 Å². The summed E-state index contributed by atoms with van der Waals surface area (Å²) in [6.45, 7) is 0.392. The van der Waals surface area contributed by atoms with Gasteiger partial charge in [-0.1, -0.05) is 24.3 Å². The molecule has 0 aliphatic rings. The van der Waals surface area contributed by atoms with E-state index >= 15 is 0 Å².